The SMILES string of the molecule is CCCCN(C)C(=O)c1cc(NCC(C)C)nc(C)n1. The molecule has 5 nitrogen and oxygen atoms in total. The summed E-state index contributed by atoms with van der Waals surface area (Å²) in [7, 11) is 1.82. The molecular weight excluding hydrogens is 252 g/mol. The fourth-order valence-corrected chi connectivity index (χ4v) is 1.77. The maximum atomic E-state index is 12.3. The first-order chi connectivity index (χ1) is 9.43. The lowest BCUT2D eigenvalue weighted by Gasteiger charge is -2.17. The second-order valence-corrected chi connectivity index (χ2v) is 5.54. The van der Waals surface area contributed by atoms with Crippen LogP contribution in [0.5, 0.6) is 0 Å². The van der Waals surface area contributed by atoms with Crippen molar-refractivity contribution in [2.24, 2.45) is 5.92 Å². The first kappa shape index (κ1) is 16.4. The number of nitrogens with zero attached hydrogens (tertiary/aromatic N) is 3. The molecule has 0 saturated carbocycles. The molecule has 0 bridgehead atoms. The van der Waals surface area contributed by atoms with E-state index in [1.807, 2.05) is 14.0 Å². The Morgan fingerprint density at radius 2 is 2.10 bits per heavy atom. The minimum absolute atomic E-state index is 0.0449. The van der Waals surface area contributed by atoms with Crippen LogP contribution >= 0.6 is 0 Å². The van der Waals surface area contributed by atoms with Gasteiger partial charge in [0.25, 0.3) is 5.91 Å². The third kappa shape index (κ3) is 5.15. The molecule has 5 heteroatoms. The number of hydrogen-bond donors (Lipinski definition) is 1. The highest BCUT2D eigenvalue weighted by molar-refractivity contribution is 5.92. The molecule has 20 heavy (non-hydrogen) atoms. The molecule has 0 spiro atoms. The van der Waals surface area contributed by atoms with Crippen LogP contribution in [0, 0.1) is 12.8 Å². The average Bonchev–Trinajstić information content (AvgIpc) is 2.41. The van der Waals surface area contributed by atoms with Gasteiger partial charge in [0.05, 0.1) is 0 Å². The topological polar surface area (TPSA) is 58.1 Å². The van der Waals surface area contributed by atoms with Crippen molar-refractivity contribution in [3.63, 3.8) is 0 Å². The Labute approximate surface area is 121 Å². The predicted molar refractivity (Wildman–Crippen MR) is 82.0 cm³/mol. The van der Waals surface area contributed by atoms with Crippen molar-refractivity contribution in [2.45, 2.75) is 40.5 Å². The molecule has 1 amide bonds. The number of unbranched alkanes of at least 4 members (excludes halogenated alkanes) is 1. The predicted octanol–water partition coefficient (Wildman–Crippen LogP) is 2.73. The van der Waals surface area contributed by atoms with Gasteiger partial charge in [-0.1, -0.05) is 27.2 Å². The summed E-state index contributed by atoms with van der Waals surface area (Å²) in [5, 5.41) is 3.24. The number of carbonyl (C=O) groups excluding carboxylic acids is 1. The van der Waals surface area contributed by atoms with Gasteiger partial charge in [0.15, 0.2) is 0 Å². The van der Waals surface area contributed by atoms with Crippen LogP contribution in [0.2, 0.25) is 0 Å². The standard InChI is InChI=1S/C15H26N4O/c1-6-7-8-19(5)15(20)13-9-14(16-10-11(2)3)18-12(4)17-13/h9,11H,6-8,10H2,1-5H3,(H,16,17,18). The molecule has 1 rings (SSSR count). The van der Waals surface area contributed by atoms with Crippen molar-refractivity contribution in [1.82, 2.24) is 14.9 Å². The molecule has 1 aromatic rings. The number of anilines is 1. The Balaban J connectivity index is 2.81. The zero-order chi connectivity index (χ0) is 15.1. The van der Waals surface area contributed by atoms with Crippen LogP contribution in [0.1, 0.15) is 49.9 Å². The highest BCUT2D eigenvalue weighted by atomic mass is 16.2. The van der Waals surface area contributed by atoms with Gasteiger partial charge in [-0.25, -0.2) is 9.97 Å². The van der Waals surface area contributed by atoms with Crippen LogP contribution in [0.4, 0.5) is 5.82 Å². The van der Waals surface area contributed by atoms with Crippen molar-refractivity contribution < 1.29 is 4.79 Å². The smallest absolute Gasteiger partial charge is 0.272 e. The molecule has 0 fully saturated rings. The molecule has 0 aliphatic heterocycles. The second-order valence-electron chi connectivity index (χ2n) is 5.54. The summed E-state index contributed by atoms with van der Waals surface area (Å²) >= 11 is 0. The number of carbonyl (C=O) groups is 1. The quantitative estimate of drug-likeness (QED) is 0.833. The lowest BCUT2D eigenvalue weighted by Crippen LogP contribution is -2.29. The van der Waals surface area contributed by atoms with Gasteiger partial charge in [-0.2, -0.15) is 0 Å². The molecule has 1 aromatic heterocycles. The Bertz CT molecular complexity index is 445. The highest BCUT2D eigenvalue weighted by Gasteiger charge is 2.14. The summed E-state index contributed by atoms with van der Waals surface area (Å²) in [6.45, 7) is 9.77. The lowest BCUT2D eigenvalue weighted by atomic mass is 10.2. The fraction of sp³-hybridized carbons (Fsp3) is 0.667. The van der Waals surface area contributed by atoms with E-state index in [4.69, 9.17) is 0 Å². The van der Waals surface area contributed by atoms with Gasteiger partial charge in [-0.15, -0.1) is 0 Å². The van der Waals surface area contributed by atoms with Crippen molar-refractivity contribution in [3.05, 3.63) is 17.6 Å². The molecule has 112 valence electrons. The minimum atomic E-state index is -0.0449. The number of amides is 1. The molecule has 0 atom stereocenters. The molecule has 1 N–H and O–H groups in total. The van der Waals surface area contributed by atoms with Crippen LogP contribution in [0.3, 0.4) is 0 Å². The minimum Gasteiger partial charge on any atom is -0.370 e. The van der Waals surface area contributed by atoms with Crippen LogP contribution in [0.25, 0.3) is 0 Å². The van der Waals surface area contributed by atoms with Gasteiger partial charge in [-0.3, -0.25) is 4.79 Å². The van der Waals surface area contributed by atoms with E-state index in [0.717, 1.165) is 31.7 Å². The Morgan fingerprint density at radius 1 is 1.40 bits per heavy atom. The molecule has 0 unspecified atom stereocenters. The summed E-state index contributed by atoms with van der Waals surface area (Å²) in [4.78, 5) is 22.6. The molecule has 0 radical (unpaired) electrons. The summed E-state index contributed by atoms with van der Waals surface area (Å²) in [6.07, 6.45) is 2.08. The summed E-state index contributed by atoms with van der Waals surface area (Å²) < 4.78 is 0. The Morgan fingerprint density at radius 3 is 2.70 bits per heavy atom. The van der Waals surface area contributed by atoms with E-state index in [9.17, 15) is 4.79 Å². The van der Waals surface area contributed by atoms with Gasteiger partial charge in [0.1, 0.15) is 17.3 Å². The van der Waals surface area contributed by atoms with E-state index in [1.165, 1.54) is 0 Å². The van der Waals surface area contributed by atoms with Gasteiger partial charge < -0.3 is 10.2 Å². The van der Waals surface area contributed by atoms with Crippen molar-refractivity contribution in [1.29, 1.82) is 0 Å². The number of rotatable bonds is 7. The third-order valence-electron chi connectivity index (χ3n) is 2.94. The van der Waals surface area contributed by atoms with Crippen molar-refractivity contribution in [2.75, 3.05) is 25.5 Å². The Kier molecular flexibility index (Phi) is 6.42. The molecule has 1 heterocycles. The van der Waals surface area contributed by atoms with Crippen LogP contribution < -0.4 is 5.32 Å². The first-order valence-corrected chi connectivity index (χ1v) is 7.29. The third-order valence-corrected chi connectivity index (χ3v) is 2.94. The van der Waals surface area contributed by atoms with Gasteiger partial charge in [0, 0.05) is 26.2 Å². The van der Waals surface area contributed by atoms with E-state index < -0.39 is 0 Å². The molecular formula is C15H26N4O. The van der Waals surface area contributed by atoms with Gasteiger partial charge in [-0.05, 0) is 19.3 Å². The van der Waals surface area contributed by atoms with Crippen LogP contribution in [-0.4, -0.2) is 40.9 Å². The van der Waals surface area contributed by atoms with E-state index in [-0.39, 0.29) is 5.91 Å². The van der Waals surface area contributed by atoms with E-state index in [2.05, 4.69) is 36.1 Å². The molecule has 0 aromatic carbocycles. The maximum absolute atomic E-state index is 12.3. The van der Waals surface area contributed by atoms with Gasteiger partial charge >= 0.3 is 0 Å². The van der Waals surface area contributed by atoms with Crippen molar-refractivity contribution >= 4 is 11.7 Å². The number of nitrogens with one attached hydrogen (secondary N) is 1. The summed E-state index contributed by atoms with van der Waals surface area (Å²) in [6, 6.07) is 1.74. The van der Waals surface area contributed by atoms with E-state index in [0.29, 0.717) is 17.4 Å². The van der Waals surface area contributed by atoms with E-state index >= 15 is 0 Å². The van der Waals surface area contributed by atoms with Crippen LogP contribution in [0.15, 0.2) is 6.07 Å². The van der Waals surface area contributed by atoms with Crippen molar-refractivity contribution in [3.8, 4) is 0 Å². The largest absolute Gasteiger partial charge is 0.370 e. The lowest BCUT2D eigenvalue weighted by molar-refractivity contribution is 0.0787. The molecule has 0 aliphatic rings. The van der Waals surface area contributed by atoms with Gasteiger partial charge in [0.2, 0.25) is 0 Å². The average molecular weight is 278 g/mol. The summed E-state index contributed by atoms with van der Waals surface area (Å²) in [5.74, 6) is 1.82. The van der Waals surface area contributed by atoms with E-state index in [1.54, 1.807) is 11.0 Å². The second kappa shape index (κ2) is 7.82. The highest BCUT2D eigenvalue weighted by Crippen LogP contribution is 2.10. The number of aromatic nitrogens is 2. The zero-order valence-electron chi connectivity index (χ0n) is 13.2. The molecule has 0 saturated heterocycles. The monoisotopic (exact) mass is 278 g/mol. The number of hydrogen-bond acceptors (Lipinski definition) is 4. The maximum Gasteiger partial charge on any atom is 0.272 e. The Hall–Kier alpha value is -1.65. The fourth-order valence-electron chi connectivity index (χ4n) is 1.77. The zero-order valence-corrected chi connectivity index (χ0v) is 13.2. The first-order valence-electron chi connectivity index (χ1n) is 7.29. The van der Waals surface area contributed by atoms with Crippen LogP contribution in [-0.2, 0) is 0 Å². The summed E-state index contributed by atoms with van der Waals surface area (Å²) in [5.41, 5.74) is 0.461. The normalized spacial score (nSPS) is 10.7. The number of aryl methyl sites for hydroxylation is 1. The molecule has 0 aliphatic carbocycles.